The molecule has 0 aliphatic carbocycles. The minimum Gasteiger partial charge on any atom is -0.369 e. The molecule has 1 unspecified atom stereocenters. The molecule has 0 saturated carbocycles. The number of hydrogen-bond acceptors (Lipinski definition) is 2. The molecule has 138 valence electrons. The van der Waals surface area contributed by atoms with Gasteiger partial charge in [0, 0.05) is 20.1 Å². The number of nitrogens with zero attached hydrogens (tertiary/aromatic N) is 1. The molecule has 0 spiro atoms. The van der Waals surface area contributed by atoms with E-state index in [1.807, 2.05) is 12.1 Å². The van der Waals surface area contributed by atoms with Crippen LogP contribution in [-0.4, -0.2) is 25.5 Å². The van der Waals surface area contributed by atoms with E-state index in [2.05, 4.69) is 34.7 Å². The van der Waals surface area contributed by atoms with Gasteiger partial charge in [0.2, 0.25) is 5.91 Å². The first-order valence-electron chi connectivity index (χ1n) is 8.52. The SMILES string of the molecule is CN=C(NCc1ccccc1C)NCC(Cc1ccc(F)cc1)C(N)=O. The molecule has 0 aliphatic rings. The highest BCUT2D eigenvalue weighted by Crippen LogP contribution is 2.10. The lowest BCUT2D eigenvalue weighted by molar-refractivity contribution is -0.121. The van der Waals surface area contributed by atoms with Crippen LogP contribution in [0.4, 0.5) is 4.39 Å². The summed E-state index contributed by atoms with van der Waals surface area (Å²) in [5, 5.41) is 6.37. The van der Waals surface area contributed by atoms with Crippen molar-refractivity contribution in [2.75, 3.05) is 13.6 Å². The first kappa shape index (κ1) is 19.4. The second-order valence-corrected chi connectivity index (χ2v) is 6.16. The summed E-state index contributed by atoms with van der Waals surface area (Å²) in [5.41, 5.74) is 8.75. The molecule has 1 amide bonds. The number of hydrogen-bond donors (Lipinski definition) is 3. The van der Waals surface area contributed by atoms with Crippen molar-refractivity contribution in [3.63, 3.8) is 0 Å². The third-order valence-electron chi connectivity index (χ3n) is 4.24. The topological polar surface area (TPSA) is 79.5 Å². The molecular formula is C20H25FN4O. The van der Waals surface area contributed by atoms with E-state index >= 15 is 0 Å². The van der Waals surface area contributed by atoms with Crippen molar-refractivity contribution in [3.05, 3.63) is 71.0 Å². The lowest BCUT2D eigenvalue weighted by atomic mass is 9.98. The van der Waals surface area contributed by atoms with Crippen molar-refractivity contribution in [1.29, 1.82) is 0 Å². The zero-order valence-corrected chi connectivity index (χ0v) is 15.1. The predicted octanol–water partition coefficient (Wildman–Crippen LogP) is 2.14. The Morgan fingerprint density at radius 3 is 2.46 bits per heavy atom. The molecule has 0 fully saturated rings. The molecule has 0 saturated heterocycles. The van der Waals surface area contributed by atoms with Crippen LogP contribution in [0.1, 0.15) is 16.7 Å². The number of benzene rings is 2. The number of aliphatic imine (C=N–C) groups is 1. The number of halogens is 1. The number of amides is 1. The highest BCUT2D eigenvalue weighted by molar-refractivity contribution is 5.81. The van der Waals surface area contributed by atoms with Gasteiger partial charge in [-0.15, -0.1) is 0 Å². The van der Waals surface area contributed by atoms with Gasteiger partial charge in [0.25, 0.3) is 0 Å². The molecule has 0 radical (unpaired) electrons. The summed E-state index contributed by atoms with van der Waals surface area (Å²) in [6.45, 7) is 3.03. The molecule has 0 aromatic heterocycles. The Bertz CT molecular complexity index is 759. The third kappa shape index (κ3) is 5.88. The maximum Gasteiger partial charge on any atom is 0.222 e. The smallest absolute Gasteiger partial charge is 0.222 e. The molecule has 1 atom stereocenters. The van der Waals surface area contributed by atoms with E-state index < -0.39 is 11.8 Å². The summed E-state index contributed by atoms with van der Waals surface area (Å²) in [6, 6.07) is 14.2. The monoisotopic (exact) mass is 356 g/mol. The summed E-state index contributed by atoms with van der Waals surface area (Å²) in [4.78, 5) is 15.9. The quantitative estimate of drug-likeness (QED) is 0.525. The Kier molecular flexibility index (Phi) is 7.14. The van der Waals surface area contributed by atoms with E-state index in [9.17, 15) is 9.18 Å². The van der Waals surface area contributed by atoms with Crippen molar-refractivity contribution in [3.8, 4) is 0 Å². The Hall–Kier alpha value is -2.89. The average Bonchev–Trinajstić information content (AvgIpc) is 2.63. The van der Waals surface area contributed by atoms with Crippen LogP contribution in [-0.2, 0) is 17.8 Å². The minimum absolute atomic E-state index is 0.302. The van der Waals surface area contributed by atoms with Crippen molar-refractivity contribution in [2.45, 2.75) is 19.9 Å². The Balaban J connectivity index is 1.90. The summed E-state index contributed by atoms with van der Waals surface area (Å²) < 4.78 is 13.0. The van der Waals surface area contributed by atoms with Gasteiger partial charge in [-0.05, 0) is 42.2 Å². The zero-order valence-electron chi connectivity index (χ0n) is 15.1. The minimum atomic E-state index is -0.419. The molecule has 5 nitrogen and oxygen atoms in total. The fourth-order valence-corrected chi connectivity index (χ4v) is 2.61. The highest BCUT2D eigenvalue weighted by atomic mass is 19.1. The zero-order chi connectivity index (χ0) is 18.9. The van der Waals surface area contributed by atoms with Crippen LogP contribution >= 0.6 is 0 Å². The van der Waals surface area contributed by atoms with Crippen LogP contribution in [0.25, 0.3) is 0 Å². The molecular weight excluding hydrogens is 331 g/mol. The van der Waals surface area contributed by atoms with Gasteiger partial charge in [-0.2, -0.15) is 0 Å². The van der Waals surface area contributed by atoms with Gasteiger partial charge < -0.3 is 16.4 Å². The Morgan fingerprint density at radius 2 is 1.85 bits per heavy atom. The first-order valence-corrected chi connectivity index (χ1v) is 8.52. The van der Waals surface area contributed by atoms with Gasteiger partial charge in [0.1, 0.15) is 5.82 Å². The lowest BCUT2D eigenvalue weighted by Crippen LogP contribution is -2.42. The maximum atomic E-state index is 13.0. The number of carbonyl (C=O) groups is 1. The molecule has 0 aliphatic heterocycles. The Labute approximate surface area is 153 Å². The van der Waals surface area contributed by atoms with E-state index in [1.54, 1.807) is 19.2 Å². The fraction of sp³-hybridized carbons (Fsp3) is 0.300. The summed E-state index contributed by atoms with van der Waals surface area (Å²) >= 11 is 0. The van der Waals surface area contributed by atoms with Crippen LogP contribution in [0, 0.1) is 18.7 Å². The molecule has 4 N–H and O–H groups in total. The summed E-state index contributed by atoms with van der Waals surface area (Å²) in [7, 11) is 1.67. The molecule has 2 aromatic rings. The van der Waals surface area contributed by atoms with E-state index in [-0.39, 0.29) is 5.82 Å². The predicted molar refractivity (Wildman–Crippen MR) is 102 cm³/mol. The van der Waals surface area contributed by atoms with Gasteiger partial charge in [0.15, 0.2) is 5.96 Å². The number of carbonyl (C=O) groups excluding carboxylic acids is 1. The molecule has 0 heterocycles. The van der Waals surface area contributed by atoms with E-state index in [0.29, 0.717) is 25.5 Å². The second-order valence-electron chi connectivity index (χ2n) is 6.16. The summed E-state index contributed by atoms with van der Waals surface area (Å²) in [5.74, 6) is -0.532. The van der Waals surface area contributed by atoms with Crippen LogP contribution < -0.4 is 16.4 Å². The normalized spacial score (nSPS) is 12.5. The number of guanidine groups is 1. The summed E-state index contributed by atoms with van der Waals surface area (Å²) in [6.07, 6.45) is 0.442. The molecule has 2 rings (SSSR count). The van der Waals surface area contributed by atoms with Crippen molar-refractivity contribution >= 4 is 11.9 Å². The number of aryl methyl sites for hydroxylation is 1. The lowest BCUT2D eigenvalue weighted by Gasteiger charge is -2.17. The largest absolute Gasteiger partial charge is 0.369 e. The van der Waals surface area contributed by atoms with Gasteiger partial charge in [0.05, 0.1) is 5.92 Å². The van der Waals surface area contributed by atoms with E-state index in [4.69, 9.17) is 5.73 Å². The van der Waals surface area contributed by atoms with Gasteiger partial charge in [-0.3, -0.25) is 9.79 Å². The van der Waals surface area contributed by atoms with Crippen LogP contribution in [0.3, 0.4) is 0 Å². The van der Waals surface area contributed by atoms with Crippen LogP contribution in [0.15, 0.2) is 53.5 Å². The highest BCUT2D eigenvalue weighted by Gasteiger charge is 2.16. The van der Waals surface area contributed by atoms with Crippen molar-refractivity contribution in [1.82, 2.24) is 10.6 Å². The number of nitrogens with two attached hydrogens (primary N) is 1. The van der Waals surface area contributed by atoms with E-state index in [1.165, 1.54) is 23.3 Å². The van der Waals surface area contributed by atoms with Gasteiger partial charge in [-0.1, -0.05) is 36.4 Å². The van der Waals surface area contributed by atoms with Crippen molar-refractivity contribution < 1.29 is 9.18 Å². The fourth-order valence-electron chi connectivity index (χ4n) is 2.61. The maximum absolute atomic E-state index is 13.0. The third-order valence-corrected chi connectivity index (χ3v) is 4.24. The Morgan fingerprint density at radius 1 is 1.15 bits per heavy atom. The molecule has 2 aromatic carbocycles. The second kappa shape index (κ2) is 9.56. The van der Waals surface area contributed by atoms with Crippen LogP contribution in [0.2, 0.25) is 0 Å². The van der Waals surface area contributed by atoms with Crippen molar-refractivity contribution in [2.24, 2.45) is 16.6 Å². The number of nitrogens with one attached hydrogen (secondary N) is 2. The van der Waals surface area contributed by atoms with Gasteiger partial charge >= 0.3 is 0 Å². The standard InChI is InChI=1S/C20H25FN4O/c1-14-5-3-4-6-16(14)12-24-20(23-2)25-13-17(19(22)26)11-15-7-9-18(21)10-8-15/h3-10,17H,11-13H2,1-2H3,(H2,22,26)(H2,23,24,25). The molecule has 6 heteroatoms. The van der Waals surface area contributed by atoms with Crippen LogP contribution in [0.5, 0.6) is 0 Å². The van der Waals surface area contributed by atoms with E-state index in [0.717, 1.165) is 5.56 Å². The first-order chi connectivity index (χ1) is 12.5. The van der Waals surface area contributed by atoms with Gasteiger partial charge in [-0.25, -0.2) is 4.39 Å². The number of rotatable bonds is 7. The average molecular weight is 356 g/mol. The molecule has 0 bridgehead atoms. The number of primary amides is 1. The molecule has 26 heavy (non-hydrogen) atoms.